The highest BCUT2D eigenvalue weighted by Crippen LogP contribution is 2.40. The van der Waals surface area contributed by atoms with Gasteiger partial charge in [-0.05, 0) is 57.0 Å². The Morgan fingerprint density at radius 3 is 1.85 bits per heavy atom. The molecule has 4 rings (SSSR count). The molecule has 0 bridgehead atoms. The summed E-state index contributed by atoms with van der Waals surface area (Å²) in [7, 11) is 0. The summed E-state index contributed by atoms with van der Waals surface area (Å²) in [6.45, 7) is 0. The molecule has 4 aromatic carbocycles. The van der Waals surface area contributed by atoms with Crippen LogP contribution in [0.2, 0.25) is 0 Å². The zero-order valence-electron chi connectivity index (χ0n) is 18.5. The van der Waals surface area contributed by atoms with Gasteiger partial charge in [-0.2, -0.15) is 0 Å². The molecule has 0 aliphatic carbocycles. The van der Waals surface area contributed by atoms with Crippen LogP contribution >= 0.6 is 0 Å². The lowest BCUT2D eigenvalue weighted by atomic mass is 9.84. The minimum Gasteiger partial charge on any atom is -0.480 e. The number of carboxylic acid groups (broad SMARTS) is 2. The maximum Gasteiger partial charge on any atom is 0.320 e. The Balaban J connectivity index is 1.99. The molecule has 2 unspecified atom stereocenters. The van der Waals surface area contributed by atoms with Crippen LogP contribution in [-0.4, -0.2) is 34.2 Å². The Morgan fingerprint density at radius 2 is 1.12 bits per heavy atom. The molecule has 34 heavy (non-hydrogen) atoms. The Bertz CT molecular complexity index is 1360. The van der Waals surface area contributed by atoms with Crippen molar-refractivity contribution in [1.29, 1.82) is 0 Å². The standard InChI is InChI=1S/C28H26N2O4/c29-24(27(31)32)15-18-8-2-4-12-21(18)26-19(16-25(30)28(33)34)10-6-14-23(26)22-13-5-9-17-7-1-3-11-20(17)22/h1-14,24-25H,15-16,29-30H2,(H,31,32)(H,33,34). The minimum atomic E-state index is -1.08. The van der Waals surface area contributed by atoms with Gasteiger partial charge in [0.05, 0.1) is 0 Å². The average Bonchev–Trinajstić information content (AvgIpc) is 2.84. The number of hydrogen-bond acceptors (Lipinski definition) is 4. The number of rotatable bonds is 8. The number of hydrogen-bond donors (Lipinski definition) is 4. The molecule has 0 fully saturated rings. The van der Waals surface area contributed by atoms with Crippen LogP contribution in [0.4, 0.5) is 0 Å². The first-order valence-corrected chi connectivity index (χ1v) is 11.0. The second-order valence-corrected chi connectivity index (χ2v) is 8.32. The normalized spacial score (nSPS) is 12.9. The van der Waals surface area contributed by atoms with Gasteiger partial charge in [0.1, 0.15) is 12.1 Å². The van der Waals surface area contributed by atoms with E-state index in [1.165, 1.54) is 0 Å². The van der Waals surface area contributed by atoms with Crippen LogP contribution in [0.5, 0.6) is 0 Å². The van der Waals surface area contributed by atoms with E-state index in [-0.39, 0.29) is 12.8 Å². The molecule has 0 amide bonds. The summed E-state index contributed by atoms with van der Waals surface area (Å²) >= 11 is 0. The molecule has 0 heterocycles. The zero-order chi connectivity index (χ0) is 24.2. The Labute approximate surface area is 197 Å². The second kappa shape index (κ2) is 9.87. The van der Waals surface area contributed by atoms with Gasteiger partial charge in [-0.1, -0.05) is 84.9 Å². The van der Waals surface area contributed by atoms with Crippen molar-refractivity contribution in [2.24, 2.45) is 11.5 Å². The summed E-state index contributed by atoms with van der Waals surface area (Å²) in [5.41, 5.74) is 16.9. The van der Waals surface area contributed by atoms with Crippen molar-refractivity contribution in [1.82, 2.24) is 0 Å². The van der Waals surface area contributed by atoms with Crippen LogP contribution in [0.15, 0.2) is 84.9 Å². The summed E-state index contributed by atoms with van der Waals surface area (Å²) in [4.78, 5) is 23.0. The fourth-order valence-electron chi connectivity index (χ4n) is 4.36. The van der Waals surface area contributed by atoms with E-state index in [9.17, 15) is 19.8 Å². The maximum atomic E-state index is 11.6. The van der Waals surface area contributed by atoms with Crippen molar-refractivity contribution < 1.29 is 19.8 Å². The maximum absolute atomic E-state index is 11.6. The summed E-state index contributed by atoms with van der Waals surface area (Å²) in [6.07, 6.45) is 0.266. The summed E-state index contributed by atoms with van der Waals surface area (Å²) in [6, 6.07) is 25.3. The molecule has 0 radical (unpaired) electrons. The highest BCUT2D eigenvalue weighted by molar-refractivity contribution is 6.01. The first-order valence-electron chi connectivity index (χ1n) is 11.0. The molecule has 0 saturated heterocycles. The zero-order valence-corrected chi connectivity index (χ0v) is 18.5. The molecule has 4 aromatic rings. The molecule has 172 valence electrons. The molecule has 0 aromatic heterocycles. The van der Waals surface area contributed by atoms with E-state index < -0.39 is 24.0 Å². The van der Waals surface area contributed by atoms with Gasteiger partial charge in [-0.25, -0.2) is 0 Å². The van der Waals surface area contributed by atoms with Gasteiger partial charge in [-0.15, -0.1) is 0 Å². The monoisotopic (exact) mass is 454 g/mol. The molecule has 6 heteroatoms. The first-order chi connectivity index (χ1) is 16.4. The predicted molar refractivity (Wildman–Crippen MR) is 133 cm³/mol. The van der Waals surface area contributed by atoms with Gasteiger partial charge in [0, 0.05) is 0 Å². The lowest BCUT2D eigenvalue weighted by Gasteiger charge is -2.21. The van der Waals surface area contributed by atoms with Gasteiger partial charge in [0.15, 0.2) is 0 Å². The Kier molecular flexibility index (Phi) is 6.72. The number of carbonyl (C=O) groups is 2. The Hall–Kier alpha value is -4.00. The molecular formula is C28H26N2O4. The van der Waals surface area contributed by atoms with E-state index in [1.807, 2.05) is 78.9 Å². The Morgan fingerprint density at radius 1 is 0.618 bits per heavy atom. The number of fused-ring (bicyclic) bond motifs is 1. The van der Waals surface area contributed by atoms with Crippen molar-refractivity contribution in [3.8, 4) is 22.3 Å². The molecule has 0 aliphatic rings. The van der Waals surface area contributed by atoms with Crippen LogP contribution in [0.3, 0.4) is 0 Å². The van der Waals surface area contributed by atoms with E-state index in [2.05, 4.69) is 6.07 Å². The van der Waals surface area contributed by atoms with Gasteiger partial charge in [0.2, 0.25) is 0 Å². The topological polar surface area (TPSA) is 127 Å². The van der Waals surface area contributed by atoms with Crippen molar-refractivity contribution in [3.05, 3.63) is 96.1 Å². The average molecular weight is 455 g/mol. The number of nitrogens with two attached hydrogens (primary N) is 2. The van der Waals surface area contributed by atoms with Gasteiger partial charge in [-0.3, -0.25) is 9.59 Å². The van der Waals surface area contributed by atoms with E-state index in [4.69, 9.17) is 11.5 Å². The van der Waals surface area contributed by atoms with E-state index >= 15 is 0 Å². The van der Waals surface area contributed by atoms with Crippen molar-refractivity contribution in [2.45, 2.75) is 24.9 Å². The highest BCUT2D eigenvalue weighted by Gasteiger charge is 2.22. The molecule has 6 nitrogen and oxygen atoms in total. The number of carboxylic acids is 2. The van der Waals surface area contributed by atoms with Gasteiger partial charge in [0.25, 0.3) is 0 Å². The second-order valence-electron chi connectivity index (χ2n) is 8.32. The quantitative estimate of drug-likeness (QED) is 0.318. The lowest BCUT2D eigenvalue weighted by molar-refractivity contribution is -0.139. The van der Waals surface area contributed by atoms with Crippen molar-refractivity contribution in [3.63, 3.8) is 0 Å². The van der Waals surface area contributed by atoms with Crippen LogP contribution in [0.1, 0.15) is 11.1 Å². The molecule has 6 N–H and O–H groups in total. The number of benzene rings is 4. The minimum absolute atomic E-state index is 0.128. The van der Waals surface area contributed by atoms with Crippen LogP contribution < -0.4 is 11.5 Å². The lowest BCUT2D eigenvalue weighted by Crippen LogP contribution is -2.33. The van der Waals surface area contributed by atoms with E-state index in [0.29, 0.717) is 0 Å². The fourth-order valence-corrected chi connectivity index (χ4v) is 4.36. The summed E-state index contributed by atoms with van der Waals surface area (Å²) < 4.78 is 0. The molecular weight excluding hydrogens is 428 g/mol. The summed E-state index contributed by atoms with van der Waals surface area (Å²) in [5, 5.41) is 21.0. The third kappa shape index (κ3) is 4.69. The third-order valence-corrected chi connectivity index (χ3v) is 6.03. The van der Waals surface area contributed by atoms with Gasteiger partial charge < -0.3 is 21.7 Å². The van der Waals surface area contributed by atoms with Crippen molar-refractivity contribution in [2.75, 3.05) is 0 Å². The first kappa shape index (κ1) is 23.2. The number of aliphatic carboxylic acids is 2. The van der Waals surface area contributed by atoms with Gasteiger partial charge >= 0.3 is 11.9 Å². The van der Waals surface area contributed by atoms with Crippen LogP contribution in [0, 0.1) is 0 Å². The highest BCUT2D eigenvalue weighted by atomic mass is 16.4. The molecule has 0 spiro atoms. The van der Waals surface area contributed by atoms with E-state index in [1.54, 1.807) is 0 Å². The largest absolute Gasteiger partial charge is 0.480 e. The molecule has 0 saturated carbocycles. The molecule has 0 aliphatic heterocycles. The van der Waals surface area contributed by atoms with Crippen molar-refractivity contribution >= 4 is 22.7 Å². The predicted octanol–water partition coefficient (Wildman–Crippen LogP) is 4.08. The van der Waals surface area contributed by atoms with Crippen LogP contribution in [0.25, 0.3) is 33.0 Å². The summed E-state index contributed by atoms with van der Waals surface area (Å²) in [5.74, 6) is -2.16. The smallest absolute Gasteiger partial charge is 0.320 e. The van der Waals surface area contributed by atoms with E-state index in [0.717, 1.165) is 44.2 Å². The van der Waals surface area contributed by atoms with Crippen LogP contribution in [-0.2, 0) is 22.4 Å². The fraction of sp³-hybridized carbons (Fsp3) is 0.143. The SMILES string of the molecule is NC(Cc1ccccc1-c1c(CC(N)C(=O)O)cccc1-c1cccc2ccccc12)C(=O)O. The third-order valence-electron chi connectivity index (χ3n) is 6.03. The molecule has 2 atom stereocenters.